The number of hydrogen-bond donors (Lipinski definition) is 0. The summed E-state index contributed by atoms with van der Waals surface area (Å²) in [6.07, 6.45) is 3.59. The molecule has 0 aliphatic heterocycles. The Balaban J connectivity index is 3.13. The maximum Gasteiger partial charge on any atom is 0.160 e. The molecule has 1 heteroatoms. The fourth-order valence-corrected chi connectivity index (χ4v) is 1.54. The van der Waals surface area contributed by atoms with Crippen molar-refractivity contribution >= 4 is 5.78 Å². The van der Waals surface area contributed by atoms with Gasteiger partial charge in [-0.25, -0.2) is 0 Å². The van der Waals surface area contributed by atoms with Gasteiger partial charge in [0, 0.05) is 9.53 Å². The summed E-state index contributed by atoms with van der Waals surface area (Å²) in [6, 6.07) is 0. The van der Waals surface area contributed by atoms with E-state index >= 15 is 0 Å². The van der Waals surface area contributed by atoms with Crippen molar-refractivity contribution < 1.29 is 8.91 Å². The van der Waals surface area contributed by atoms with Gasteiger partial charge in [0.25, 0.3) is 0 Å². The van der Waals surface area contributed by atoms with Gasteiger partial charge in [-0.1, -0.05) is 33.7 Å². The van der Waals surface area contributed by atoms with Gasteiger partial charge in [0.15, 0.2) is 5.78 Å². The summed E-state index contributed by atoms with van der Waals surface area (Å²) in [4.78, 5) is 11.6. The van der Waals surface area contributed by atoms with Crippen LogP contribution in [0.1, 0.15) is 38.2 Å². The second-order valence-corrected chi connectivity index (χ2v) is 4.20. The van der Waals surface area contributed by atoms with Crippen molar-refractivity contribution in [3.8, 4) is 0 Å². The first-order valence-electron chi connectivity index (χ1n) is 5.32. The number of allylic oxidation sites excluding steroid dienone is 2. The lowest BCUT2D eigenvalue weighted by Crippen LogP contribution is -2.32. The van der Waals surface area contributed by atoms with Crippen LogP contribution < -0.4 is 0 Å². The first kappa shape index (κ1) is 5.13. The molecule has 1 atom stereocenters. The van der Waals surface area contributed by atoms with Crippen LogP contribution in [0.2, 0.25) is 0 Å². The van der Waals surface area contributed by atoms with Crippen molar-refractivity contribution in [1.29, 1.82) is 0 Å². The highest BCUT2D eigenvalue weighted by Gasteiger charge is 2.35. The second-order valence-electron chi connectivity index (χ2n) is 4.20. The average Bonchev–Trinajstić information content (AvgIpc) is 1.95. The predicted molar refractivity (Wildman–Crippen MR) is 46.3 cm³/mol. The van der Waals surface area contributed by atoms with E-state index in [2.05, 4.69) is 0 Å². The van der Waals surface area contributed by atoms with E-state index in [1.807, 2.05) is 13.8 Å². The normalized spacial score (nSPS) is 41.0. The molecular formula is C10H16O. The molecule has 0 heterocycles. The smallest absolute Gasteiger partial charge is 0.160 e. The molecule has 0 radical (unpaired) electrons. The van der Waals surface area contributed by atoms with E-state index in [9.17, 15) is 4.79 Å². The first-order chi connectivity index (χ1) is 6.08. The molecule has 62 valence electrons. The van der Waals surface area contributed by atoms with Crippen LogP contribution in [0.3, 0.4) is 0 Å². The maximum absolute atomic E-state index is 11.6. The van der Waals surface area contributed by atoms with Gasteiger partial charge < -0.3 is 0 Å². The topological polar surface area (TPSA) is 17.1 Å². The third kappa shape index (κ3) is 1.70. The molecule has 0 bridgehead atoms. The Hall–Kier alpha value is -0.590. The minimum Gasteiger partial charge on any atom is -0.294 e. The van der Waals surface area contributed by atoms with Crippen LogP contribution in [0, 0.1) is 10.8 Å². The monoisotopic (exact) mass is 155 g/mol. The van der Waals surface area contributed by atoms with Crippen molar-refractivity contribution in [2.75, 3.05) is 0 Å². The quantitative estimate of drug-likeness (QED) is 0.525. The van der Waals surface area contributed by atoms with Gasteiger partial charge >= 0.3 is 0 Å². The highest BCUT2D eigenvalue weighted by molar-refractivity contribution is 5.95. The number of rotatable bonds is 0. The lowest BCUT2D eigenvalue weighted by molar-refractivity contribution is -0.124. The summed E-state index contributed by atoms with van der Waals surface area (Å²) in [6.45, 7) is 3.21. The van der Waals surface area contributed by atoms with E-state index < -0.39 is 12.3 Å². The SMILES string of the molecule is [2H]C([2H])([2H])[C@@]1(C)CC(C)(C)C=CC1=O. The van der Waals surface area contributed by atoms with Gasteiger partial charge in [-0.2, -0.15) is 0 Å². The molecule has 0 saturated heterocycles. The van der Waals surface area contributed by atoms with Crippen LogP contribution in [0.15, 0.2) is 12.2 Å². The van der Waals surface area contributed by atoms with Crippen LogP contribution in [0.4, 0.5) is 0 Å². The summed E-state index contributed by atoms with van der Waals surface area (Å²) < 4.78 is 22.2. The Morgan fingerprint density at radius 1 is 1.55 bits per heavy atom. The van der Waals surface area contributed by atoms with Crippen molar-refractivity contribution in [2.45, 2.75) is 34.0 Å². The summed E-state index contributed by atoms with van der Waals surface area (Å²) in [5.74, 6) is -0.281. The van der Waals surface area contributed by atoms with E-state index in [-0.39, 0.29) is 11.2 Å². The zero-order valence-electron chi connectivity index (χ0n) is 10.3. The number of carbonyl (C=O) groups is 1. The first-order valence-corrected chi connectivity index (χ1v) is 3.82. The number of ketones is 1. The summed E-state index contributed by atoms with van der Waals surface area (Å²) in [7, 11) is 0. The van der Waals surface area contributed by atoms with Crippen molar-refractivity contribution in [3.63, 3.8) is 0 Å². The molecule has 0 fully saturated rings. The molecule has 0 N–H and O–H groups in total. The summed E-state index contributed by atoms with van der Waals surface area (Å²) in [5, 5.41) is 0. The molecule has 0 aromatic heterocycles. The van der Waals surface area contributed by atoms with Crippen LogP contribution >= 0.6 is 0 Å². The minimum atomic E-state index is -2.22. The molecule has 0 spiro atoms. The molecule has 1 rings (SSSR count). The van der Waals surface area contributed by atoms with Crippen molar-refractivity contribution in [2.24, 2.45) is 10.8 Å². The third-order valence-corrected chi connectivity index (χ3v) is 2.04. The van der Waals surface area contributed by atoms with Gasteiger partial charge in [-0.3, -0.25) is 4.79 Å². The van der Waals surface area contributed by atoms with E-state index in [0.29, 0.717) is 6.42 Å². The molecule has 0 saturated carbocycles. The predicted octanol–water partition coefficient (Wildman–Crippen LogP) is 2.57. The molecule has 1 nitrogen and oxygen atoms in total. The zero-order chi connectivity index (χ0) is 11.2. The van der Waals surface area contributed by atoms with Crippen molar-refractivity contribution in [1.82, 2.24) is 0 Å². The number of hydrogen-bond acceptors (Lipinski definition) is 1. The largest absolute Gasteiger partial charge is 0.294 e. The standard InChI is InChI=1S/C10H16O/c1-9(2)6-5-8(11)10(3,4)7-9/h5-6H,7H2,1-4H3/i3D3/t10-/m1/s1. The Morgan fingerprint density at radius 2 is 2.18 bits per heavy atom. The molecular weight excluding hydrogens is 136 g/mol. The fourth-order valence-electron chi connectivity index (χ4n) is 1.54. The number of carbonyl (C=O) groups excluding carboxylic acids is 1. The summed E-state index contributed by atoms with van der Waals surface area (Å²) in [5.41, 5.74) is -1.43. The zero-order valence-corrected chi connectivity index (χ0v) is 7.27. The highest BCUT2D eigenvalue weighted by atomic mass is 16.1. The fraction of sp³-hybridized carbons (Fsp3) is 0.700. The van der Waals surface area contributed by atoms with E-state index in [0.717, 1.165) is 0 Å². The highest BCUT2D eigenvalue weighted by Crippen LogP contribution is 2.39. The molecule has 1 aliphatic rings. The average molecular weight is 155 g/mol. The van der Waals surface area contributed by atoms with Crippen LogP contribution in [-0.4, -0.2) is 5.78 Å². The lowest BCUT2D eigenvalue weighted by atomic mass is 9.69. The minimum absolute atomic E-state index is 0.211. The van der Waals surface area contributed by atoms with Crippen LogP contribution in [-0.2, 0) is 4.79 Å². The van der Waals surface area contributed by atoms with E-state index in [4.69, 9.17) is 4.11 Å². The van der Waals surface area contributed by atoms with Crippen LogP contribution in [0.5, 0.6) is 0 Å². The molecule has 0 unspecified atom stereocenters. The molecule has 0 amide bonds. The molecule has 0 aromatic rings. The molecule has 11 heavy (non-hydrogen) atoms. The Bertz CT molecular complexity index is 288. The van der Waals surface area contributed by atoms with Gasteiger partial charge in [0.1, 0.15) is 0 Å². The van der Waals surface area contributed by atoms with Crippen LogP contribution in [0.25, 0.3) is 0 Å². The lowest BCUT2D eigenvalue weighted by Gasteiger charge is -2.34. The van der Waals surface area contributed by atoms with Gasteiger partial charge in [-0.05, 0) is 17.9 Å². The Morgan fingerprint density at radius 3 is 2.64 bits per heavy atom. The second kappa shape index (κ2) is 2.20. The van der Waals surface area contributed by atoms with E-state index in [1.54, 1.807) is 6.08 Å². The Labute approximate surface area is 72.7 Å². The maximum atomic E-state index is 11.6. The summed E-state index contributed by atoms with van der Waals surface area (Å²) >= 11 is 0. The van der Waals surface area contributed by atoms with Gasteiger partial charge in [0.2, 0.25) is 0 Å². The molecule has 1 aliphatic carbocycles. The van der Waals surface area contributed by atoms with Gasteiger partial charge in [-0.15, -0.1) is 0 Å². The third-order valence-electron chi connectivity index (χ3n) is 2.04. The molecule has 0 aromatic carbocycles. The van der Waals surface area contributed by atoms with Crippen molar-refractivity contribution in [3.05, 3.63) is 12.2 Å². The Kier molecular flexibility index (Phi) is 1.02. The van der Waals surface area contributed by atoms with Gasteiger partial charge in [0.05, 0.1) is 0 Å². The van der Waals surface area contributed by atoms with E-state index in [1.165, 1.54) is 13.0 Å².